The Morgan fingerprint density at radius 2 is 1.79 bits per heavy atom. The monoisotopic (exact) mass is 278 g/mol. The standard InChI is InChI=1S/C14H15ClN2O2/c1-2-7-18-12-5-3-4-6-13(12)19-14-16-9-11(8-15)10-17-14/h3-6,9-10H,2,7-8H2,1H3. The molecule has 0 fully saturated rings. The van der Waals surface area contributed by atoms with E-state index in [2.05, 4.69) is 16.9 Å². The van der Waals surface area contributed by atoms with Crippen LogP contribution in [0, 0.1) is 0 Å². The molecule has 2 aromatic rings. The lowest BCUT2D eigenvalue weighted by Crippen LogP contribution is -1.98. The van der Waals surface area contributed by atoms with Crippen LogP contribution < -0.4 is 9.47 Å². The van der Waals surface area contributed by atoms with Gasteiger partial charge in [-0.1, -0.05) is 19.1 Å². The molecule has 0 saturated heterocycles. The van der Waals surface area contributed by atoms with E-state index in [1.54, 1.807) is 12.4 Å². The van der Waals surface area contributed by atoms with Crippen molar-refractivity contribution in [1.82, 2.24) is 9.97 Å². The van der Waals surface area contributed by atoms with Gasteiger partial charge in [0.15, 0.2) is 11.5 Å². The number of para-hydroxylation sites is 2. The van der Waals surface area contributed by atoms with E-state index in [9.17, 15) is 0 Å². The summed E-state index contributed by atoms with van der Waals surface area (Å²) < 4.78 is 11.2. The van der Waals surface area contributed by atoms with Crippen molar-refractivity contribution < 1.29 is 9.47 Å². The first-order valence-electron chi connectivity index (χ1n) is 6.10. The number of benzene rings is 1. The fourth-order valence-corrected chi connectivity index (χ4v) is 1.57. The number of ether oxygens (including phenoxy) is 2. The Labute approximate surface area is 117 Å². The SMILES string of the molecule is CCCOc1ccccc1Oc1ncc(CCl)cn1. The molecule has 0 saturated carbocycles. The lowest BCUT2D eigenvalue weighted by atomic mass is 10.3. The molecule has 0 amide bonds. The zero-order chi connectivity index (χ0) is 13.5. The third-order valence-corrected chi connectivity index (χ3v) is 2.66. The summed E-state index contributed by atoms with van der Waals surface area (Å²) >= 11 is 5.68. The second-order valence-corrected chi connectivity index (χ2v) is 4.17. The molecule has 1 aromatic carbocycles. The molecule has 100 valence electrons. The van der Waals surface area contributed by atoms with Crippen molar-refractivity contribution in [1.29, 1.82) is 0 Å². The average molecular weight is 279 g/mol. The van der Waals surface area contributed by atoms with Crippen molar-refractivity contribution >= 4 is 11.6 Å². The zero-order valence-corrected chi connectivity index (χ0v) is 11.4. The molecule has 1 aromatic heterocycles. The van der Waals surface area contributed by atoms with E-state index >= 15 is 0 Å². The highest BCUT2D eigenvalue weighted by Crippen LogP contribution is 2.29. The third kappa shape index (κ3) is 3.83. The first kappa shape index (κ1) is 13.6. The van der Waals surface area contributed by atoms with Crippen LogP contribution in [0.3, 0.4) is 0 Å². The normalized spacial score (nSPS) is 10.2. The highest BCUT2D eigenvalue weighted by molar-refractivity contribution is 6.17. The average Bonchev–Trinajstić information content (AvgIpc) is 2.47. The minimum absolute atomic E-state index is 0.279. The van der Waals surface area contributed by atoms with Gasteiger partial charge in [0.1, 0.15) is 0 Å². The molecule has 2 rings (SSSR count). The van der Waals surface area contributed by atoms with E-state index in [0.29, 0.717) is 24.0 Å². The fraction of sp³-hybridized carbons (Fsp3) is 0.286. The van der Waals surface area contributed by atoms with Crippen LogP contribution in [0.1, 0.15) is 18.9 Å². The second-order valence-electron chi connectivity index (χ2n) is 3.90. The topological polar surface area (TPSA) is 44.2 Å². The van der Waals surface area contributed by atoms with Crippen LogP contribution >= 0.6 is 11.6 Å². The Morgan fingerprint density at radius 1 is 1.11 bits per heavy atom. The molecule has 0 atom stereocenters. The van der Waals surface area contributed by atoms with Gasteiger partial charge in [0.25, 0.3) is 0 Å². The van der Waals surface area contributed by atoms with Crippen molar-refractivity contribution in [2.45, 2.75) is 19.2 Å². The highest BCUT2D eigenvalue weighted by atomic mass is 35.5. The molecule has 5 heteroatoms. The van der Waals surface area contributed by atoms with Crippen LogP contribution in [0.2, 0.25) is 0 Å². The number of hydrogen-bond donors (Lipinski definition) is 0. The summed E-state index contributed by atoms with van der Waals surface area (Å²) in [5.41, 5.74) is 0.851. The van der Waals surface area contributed by atoms with Crippen LogP contribution in [-0.4, -0.2) is 16.6 Å². The van der Waals surface area contributed by atoms with Crippen LogP contribution in [0.4, 0.5) is 0 Å². The Bertz CT molecular complexity index is 517. The van der Waals surface area contributed by atoms with Gasteiger partial charge < -0.3 is 9.47 Å². The maximum atomic E-state index is 5.68. The third-order valence-electron chi connectivity index (χ3n) is 2.35. The van der Waals surface area contributed by atoms with E-state index < -0.39 is 0 Å². The van der Waals surface area contributed by atoms with E-state index in [0.717, 1.165) is 12.0 Å². The predicted molar refractivity (Wildman–Crippen MR) is 73.9 cm³/mol. The van der Waals surface area contributed by atoms with Gasteiger partial charge in [-0.25, -0.2) is 9.97 Å². The quantitative estimate of drug-likeness (QED) is 0.754. The van der Waals surface area contributed by atoms with Crippen LogP contribution in [0.5, 0.6) is 17.5 Å². The van der Waals surface area contributed by atoms with Crippen molar-refractivity contribution in [3.05, 3.63) is 42.2 Å². The largest absolute Gasteiger partial charge is 0.490 e. The van der Waals surface area contributed by atoms with Crippen LogP contribution in [-0.2, 0) is 5.88 Å². The van der Waals surface area contributed by atoms with Crippen LogP contribution in [0.15, 0.2) is 36.7 Å². The number of nitrogens with zero attached hydrogens (tertiary/aromatic N) is 2. The van der Waals surface area contributed by atoms with Gasteiger partial charge in [0.2, 0.25) is 0 Å². The maximum Gasteiger partial charge on any atom is 0.322 e. The van der Waals surface area contributed by atoms with Gasteiger partial charge in [-0.05, 0) is 18.6 Å². The Kier molecular flexibility index (Phi) is 4.98. The molecule has 0 N–H and O–H groups in total. The maximum absolute atomic E-state index is 5.68. The summed E-state index contributed by atoms with van der Waals surface area (Å²) in [6.45, 7) is 2.70. The summed E-state index contributed by atoms with van der Waals surface area (Å²) in [6, 6.07) is 7.74. The smallest absolute Gasteiger partial charge is 0.322 e. The number of hydrogen-bond acceptors (Lipinski definition) is 4. The minimum atomic E-state index is 0.279. The number of halogens is 1. The molecule has 0 aliphatic rings. The summed E-state index contributed by atoms with van der Waals surface area (Å²) in [5, 5.41) is 0. The summed E-state index contributed by atoms with van der Waals surface area (Å²) in [6.07, 6.45) is 4.23. The van der Waals surface area contributed by atoms with Gasteiger partial charge >= 0.3 is 6.01 Å². The molecule has 4 nitrogen and oxygen atoms in total. The first-order chi connectivity index (χ1) is 9.33. The molecular formula is C14H15ClN2O2. The Hall–Kier alpha value is -1.81. The molecule has 19 heavy (non-hydrogen) atoms. The van der Waals surface area contributed by atoms with Crippen LogP contribution in [0.25, 0.3) is 0 Å². The summed E-state index contributed by atoms with van der Waals surface area (Å²) in [4.78, 5) is 8.19. The molecule has 0 radical (unpaired) electrons. The first-order valence-corrected chi connectivity index (χ1v) is 6.63. The van der Waals surface area contributed by atoms with E-state index in [-0.39, 0.29) is 6.01 Å². The number of rotatable bonds is 6. The van der Waals surface area contributed by atoms with Crippen molar-refractivity contribution in [2.75, 3.05) is 6.61 Å². The summed E-state index contributed by atoms with van der Waals surface area (Å²) in [5.74, 6) is 1.68. The van der Waals surface area contributed by atoms with E-state index in [1.807, 2.05) is 24.3 Å². The van der Waals surface area contributed by atoms with Crippen molar-refractivity contribution in [2.24, 2.45) is 0 Å². The highest BCUT2D eigenvalue weighted by Gasteiger charge is 2.07. The molecular weight excluding hydrogens is 264 g/mol. The van der Waals surface area contributed by atoms with Crippen molar-refractivity contribution in [3.63, 3.8) is 0 Å². The van der Waals surface area contributed by atoms with Crippen molar-refractivity contribution in [3.8, 4) is 17.5 Å². The van der Waals surface area contributed by atoms with Gasteiger partial charge in [-0.2, -0.15) is 0 Å². The fourth-order valence-electron chi connectivity index (χ4n) is 1.43. The Morgan fingerprint density at radius 3 is 2.42 bits per heavy atom. The molecule has 0 spiro atoms. The van der Waals surface area contributed by atoms with Gasteiger partial charge in [-0.15, -0.1) is 11.6 Å². The Balaban J connectivity index is 2.12. The van der Waals surface area contributed by atoms with E-state index in [1.165, 1.54) is 0 Å². The molecule has 0 unspecified atom stereocenters. The zero-order valence-electron chi connectivity index (χ0n) is 10.7. The lowest BCUT2D eigenvalue weighted by molar-refractivity contribution is 0.299. The predicted octanol–water partition coefficient (Wildman–Crippen LogP) is 3.80. The minimum Gasteiger partial charge on any atom is -0.490 e. The van der Waals surface area contributed by atoms with E-state index in [4.69, 9.17) is 21.1 Å². The van der Waals surface area contributed by atoms with Gasteiger partial charge in [0, 0.05) is 18.0 Å². The molecule has 1 heterocycles. The second kappa shape index (κ2) is 6.95. The number of aromatic nitrogens is 2. The number of alkyl halides is 1. The molecule has 0 aliphatic heterocycles. The molecule has 0 bridgehead atoms. The lowest BCUT2D eigenvalue weighted by Gasteiger charge is -2.10. The van der Waals surface area contributed by atoms with Gasteiger partial charge in [-0.3, -0.25) is 0 Å². The molecule has 0 aliphatic carbocycles. The van der Waals surface area contributed by atoms with Gasteiger partial charge in [0.05, 0.1) is 12.5 Å². The summed E-state index contributed by atoms with van der Waals surface area (Å²) in [7, 11) is 0.